The van der Waals surface area contributed by atoms with Gasteiger partial charge in [-0.2, -0.15) is 5.26 Å². The molecule has 0 aliphatic rings. The van der Waals surface area contributed by atoms with E-state index in [-0.39, 0.29) is 0 Å². The molecule has 0 amide bonds. The van der Waals surface area contributed by atoms with Gasteiger partial charge in [-0.3, -0.25) is 4.79 Å². The summed E-state index contributed by atoms with van der Waals surface area (Å²) in [6.07, 6.45) is 2.53. The minimum absolute atomic E-state index is 0.604. The van der Waals surface area contributed by atoms with E-state index in [4.69, 9.17) is 5.26 Å². The quantitative estimate of drug-likeness (QED) is 0.544. The van der Waals surface area contributed by atoms with E-state index in [0.29, 0.717) is 11.1 Å². The summed E-state index contributed by atoms with van der Waals surface area (Å²) in [6.45, 7) is 5.73. The van der Waals surface area contributed by atoms with Gasteiger partial charge in [0.15, 0.2) is 0 Å². The van der Waals surface area contributed by atoms with Crippen molar-refractivity contribution >= 4 is 12.4 Å². The van der Waals surface area contributed by atoms with Gasteiger partial charge in [-0.15, -0.1) is 0 Å². The highest BCUT2D eigenvalue weighted by molar-refractivity contribution is 5.80. The minimum atomic E-state index is 0.604. The van der Waals surface area contributed by atoms with Crippen LogP contribution < -0.4 is 0 Å². The summed E-state index contributed by atoms with van der Waals surface area (Å²) in [4.78, 5) is 10.3. The van der Waals surface area contributed by atoms with Crippen molar-refractivity contribution in [2.24, 2.45) is 0 Å². The van der Waals surface area contributed by atoms with Crippen LogP contribution in [0.5, 0.6) is 0 Å². The van der Waals surface area contributed by atoms with Crippen molar-refractivity contribution in [3.63, 3.8) is 0 Å². The van der Waals surface area contributed by atoms with Crippen LogP contribution in [0.2, 0.25) is 0 Å². The molecule has 15 heavy (non-hydrogen) atoms. The number of hydrogen-bond donors (Lipinski definition) is 0. The standard InChI is InChI=1S/C11H9NO.C2H6/c1-9(8-13)5-10-3-2-4-11(6-10)7-12;1-2/h2-6,8H,1H3;1-2H3/b9-5+;. The summed E-state index contributed by atoms with van der Waals surface area (Å²) < 4.78 is 0. The highest BCUT2D eigenvalue weighted by Gasteiger charge is 1.92. The van der Waals surface area contributed by atoms with Crippen LogP contribution in [0.15, 0.2) is 29.8 Å². The van der Waals surface area contributed by atoms with E-state index in [1.54, 1.807) is 31.2 Å². The molecule has 0 aliphatic heterocycles. The molecule has 0 aliphatic carbocycles. The van der Waals surface area contributed by atoms with Crippen LogP contribution in [0, 0.1) is 11.3 Å². The molecule has 0 spiro atoms. The molecule has 1 aromatic carbocycles. The first-order chi connectivity index (χ1) is 7.26. The summed E-state index contributed by atoms with van der Waals surface area (Å²) in [5.74, 6) is 0. The molecular formula is C13H15NO. The van der Waals surface area contributed by atoms with Crippen molar-refractivity contribution in [1.82, 2.24) is 0 Å². The lowest BCUT2D eigenvalue weighted by molar-refractivity contribution is -0.104. The smallest absolute Gasteiger partial charge is 0.145 e. The molecule has 0 heterocycles. The Bertz CT molecular complexity index is 386. The fourth-order valence-electron chi connectivity index (χ4n) is 0.995. The molecule has 0 bridgehead atoms. The number of nitriles is 1. The second-order valence-corrected chi connectivity index (χ2v) is 2.74. The molecule has 0 fully saturated rings. The first kappa shape index (κ1) is 13.1. The van der Waals surface area contributed by atoms with Crippen molar-refractivity contribution < 1.29 is 4.79 Å². The number of carbonyl (C=O) groups is 1. The molecule has 0 atom stereocenters. The largest absolute Gasteiger partial charge is 0.298 e. The number of nitrogens with zero attached hydrogens (tertiary/aromatic N) is 1. The highest BCUT2D eigenvalue weighted by atomic mass is 16.1. The third-order valence-corrected chi connectivity index (χ3v) is 1.60. The Morgan fingerprint density at radius 3 is 2.60 bits per heavy atom. The van der Waals surface area contributed by atoms with Gasteiger partial charge in [-0.05, 0) is 36.3 Å². The van der Waals surface area contributed by atoms with E-state index in [1.807, 2.05) is 26.0 Å². The SMILES string of the molecule is C/C(C=O)=C\c1cccc(C#N)c1.CC. The third-order valence-electron chi connectivity index (χ3n) is 1.60. The first-order valence-electron chi connectivity index (χ1n) is 4.90. The summed E-state index contributed by atoms with van der Waals surface area (Å²) in [7, 11) is 0. The second-order valence-electron chi connectivity index (χ2n) is 2.74. The molecule has 2 heteroatoms. The molecular weight excluding hydrogens is 186 g/mol. The lowest BCUT2D eigenvalue weighted by Crippen LogP contribution is -1.79. The maximum absolute atomic E-state index is 10.3. The molecule has 0 saturated carbocycles. The monoisotopic (exact) mass is 201 g/mol. The number of rotatable bonds is 2. The van der Waals surface area contributed by atoms with Gasteiger partial charge < -0.3 is 0 Å². The third kappa shape index (κ3) is 4.78. The zero-order valence-electron chi connectivity index (χ0n) is 9.32. The van der Waals surface area contributed by atoms with Crippen molar-refractivity contribution in [1.29, 1.82) is 5.26 Å². The summed E-state index contributed by atoms with van der Waals surface area (Å²) in [5, 5.41) is 8.61. The Kier molecular flexibility index (Phi) is 6.57. The number of hydrogen-bond acceptors (Lipinski definition) is 2. The van der Waals surface area contributed by atoms with Crippen LogP contribution in [0.3, 0.4) is 0 Å². The predicted molar refractivity (Wildman–Crippen MR) is 62.2 cm³/mol. The molecule has 1 aromatic rings. The fraction of sp³-hybridized carbons (Fsp3) is 0.231. The van der Waals surface area contributed by atoms with E-state index in [0.717, 1.165) is 11.8 Å². The average molecular weight is 201 g/mol. The molecule has 1 rings (SSSR count). The van der Waals surface area contributed by atoms with Gasteiger partial charge in [0.2, 0.25) is 0 Å². The van der Waals surface area contributed by atoms with Gasteiger partial charge >= 0.3 is 0 Å². The topological polar surface area (TPSA) is 40.9 Å². The number of allylic oxidation sites excluding steroid dienone is 1. The summed E-state index contributed by atoms with van der Waals surface area (Å²) in [6, 6.07) is 9.16. The summed E-state index contributed by atoms with van der Waals surface area (Å²) in [5.41, 5.74) is 2.13. The predicted octanol–water partition coefficient (Wildman–Crippen LogP) is 3.19. The Hall–Kier alpha value is -1.88. The molecule has 0 saturated heterocycles. The van der Waals surface area contributed by atoms with E-state index in [2.05, 4.69) is 0 Å². The van der Waals surface area contributed by atoms with Gasteiger partial charge in [0.1, 0.15) is 6.29 Å². The van der Waals surface area contributed by atoms with Crippen LogP contribution in [0.1, 0.15) is 31.9 Å². The van der Waals surface area contributed by atoms with Gasteiger partial charge in [-0.1, -0.05) is 26.0 Å². The van der Waals surface area contributed by atoms with Gasteiger partial charge in [0.25, 0.3) is 0 Å². The van der Waals surface area contributed by atoms with Crippen molar-refractivity contribution in [2.45, 2.75) is 20.8 Å². The average Bonchev–Trinajstić information content (AvgIpc) is 2.31. The maximum Gasteiger partial charge on any atom is 0.145 e. The fourth-order valence-corrected chi connectivity index (χ4v) is 0.995. The molecule has 78 valence electrons. The molecule has 0 aromatic heterocycles. The lowest BCUT2D eigenvalue weighted by atomic mass is 10.1. The molecule has 0 unspecified atom stereocenters. The first-order valence-corrected chi connectivity index (χ1v) is 4.90. The number of carbonyl (C=O) groups excluding carboxylic acids is 1. The van der Waals surface area contributed by atoms with Gasteiger partial charge in [0.05, 0.1) is 11.6 Å². The Balaban J connectivity index is 0.000000921. The van der Waals surface area contributed by atoms with E-state index in [9.17, 15) is 4.79 Å². The van der Waals surface area contributed by atoms with Crippen LogP contribution in [-0.2, 0) is 4.79 Å². The summed E-state index contributed by atoms with van der Waals surface area (Å²) >= 11 is 0. The maximum atomic E-state index is 10.3. The van der Waals surface area contributed by atoms with Gasteiger partial charge in [-0.25, -0.2) is 0 Å². The minimum Gasteiger partial charge on any atom is -0.298 e. The normalized spacial score (nSPS) is 9.60. The lowest BCUT2D eigenvalue weighted by Gasteiger charge is -1.94. The number of benzene rings is 1. The molecule has 0 N–H and O–H groups in total. The van der Waals surface area contributed by atoms with Gasteiger partial charge in [0, 0.05) is 0 Å². The van der Waals surface area contributed by atoms with E-state index in [1.165, 1.54) is 0 Å². The second kappa shape index (κ2) is 7.52. The molecule has 0 radical (unpaired) electrons. The van der Waals surface area contributed by atoms with E-state index < -0.39 is 0 Å². The Morgan fingerprint density at radius 2 is 2.07 bits per heavy atom. The van der Waals surface area contributed by atoms with Crippen LogP contribution in [0.4, 0.5) is 0 Å². The Labute approximate surface area is 90.9 Å². The van der Waals surface area contributed by atoms with Crippen LogP contribution in [-0.4, -0.2) is 6.29 Å². The van der Waals surface area contributed by atoms with Crippen molar-refractivity contribution in [3.05, 3.63) is 41.0 Å². The van der Waals surface area contributed by atoms with Crippen LogP contribution in [0.25, 0.3) is 6.08 Å². The van der Waals surface area contributed by atoms with E-state index >= 15 is 0 Å². The zero-order valence-corrected chi connectivity index (χ0v) is 9.32. The van der Waals surface area contributed by atoms with Crippen molar-refractivity contribution in [3.8, 4) is 6.07 Å². The Morgan fingerprint density at radius 1 is 1.40 bits per heavy atom. The highest BCUT2D eigenvalue weighted by Crippen LogP contribution is 2.07. The molecule has 2 nitrogen and oxygen atoms in total. The number of aldehydes is 1. The van der Waals surface area contributed by atoms with Crippen LogP contribution >= 0.6 is 0 Å². The van der Waals surface area contributed by atoms with Crippen molar-refractivity contribution in [2.75, 3.05) is 0 Å². The zero-order chi connectivity index (χ0) is 11.7.